The van der Waals surface area contributed by atoms with Gasteiger partial charge >= 0.3 is 0 Å². The first-order chi connectivity index (χ1) is 8.16. The second-order valence-electron chi connectivity index (χ2n) is 3.72. The highest BCUT2D eigenvalue weighted by Gasteiger charge is 2.01. The van der Waals surface area contributed by atoms with E-state index in [1.807, 2.05) is 37.5 Å². The van der Waals surface area contributed by atoms with E-state index >= 15 is 0 Å². The number of anilines is 1. The predicted octanol–water partition coefficient (Wildman–Crippen LogP) is 3.72. The van der Waals surface area contributed by atoms with Gasteiger partial charge in [0.1, 0.15) is 5.82 Å². The van der Waals surface area contributed by atoms with Gasteiger partial charge in [0, 0.05) is 40.7 Å². The minimum Gasteiger partial charge on any atom is -0.382 e. The van der Waals surface area contributed by atoms with Crippen molar-refractivity contribution in [3.63, 3.8) is 0 Å². The first-order valence-electron chi connectivity index (χ1n) is 5.33. The highest BCUT2D eigenvalue weighted by molar-refractivity contribution is 9.10. The van der Waals surface area contributed by atoms with Gasteiger partial charge in [-0.3, -0.25) is 0 Å². The fraction of sp³-hybridized carbons (Fsp3) is 0.250. The third-order valence-electron chi connectivity index (χ3n) is 2.52. The predicted molar refractivity (Wildman–Crippen MR) is 74.6 cm³/mol. The Labute approximate surface area is 114 Å². The van der Waals surface area contributed by atoms with Crippen LogP contribution in [-0.4, -0.2) is 16.1 Å². The van der Waals surface area contributed by atoms with E-state index in [1.54, 1.807) is 0 Å². The van der Waals surface area contributed by atoms with Crippen molar-refractivity contribution in [2.75, 3.05) is 11.9 Å². The quantitative estimate of drug-likeness (QED) is 0.932. The molecule has 0 saturated carbocycles. The number of aryl methyl sites for hydroxylation is 1. The van der Waals surface area contributed by atoms with Crippen LogP contribution in [0.4, 0.5) is 5.69 Å². The zero-order valence-corrected chi connectivity index (χ0v) is 11.8. The number of aromatic nitrogens is 2. The van der Waals surface area contributed by atoms with Gasteiger partial charge in [-0.1, -0.05) is 11.6 Å². The van der Waals surface area contributed by atoms with Gasteiger partial charge in [-0.2, -0.15) is 0 Å². The topological polar surface area (TPSA) is 29.9 Å². The van der Waals surface area contributed by atoms with E-state index in [4.69, 9.17) is 11.6 Å². The van der Waals surface area contributed by atoms with E-state index < -0.39 is 0 Å². The van der Waals surface area contributed by atoms with Crippen molar-refractivity contribution in [1.29, 1.82) is 0 Å². The van der Waals surface area contributed by atoms with Crippen molar-refractivity contribution in [3.8, 4) is 0 Å². The molecule has 0 bridgehead atoms. The maximum absolute atomic E-state index is 5.94. The SMILES string of the molecule is Cc1nccn1CCNc1cc(Cl)ccc1Br. The third kappa shape index (κ3) is 3.23. The molecule has 0 spiro atoms. The summed E-state index contributed by atoms with van der Waals surface area (Å²) in [5.41, 5.74) is 1.01. The fourth-order valence-corrected chi connectivity index (χ4v) is 2.14. The molecule has 1 N–H and O–H groups in total. The van der Waals surface area contributed by atoms with Gasteiger partial charge in [-0.15, -0.1) is 0 Å². The Morgan fingerprint density at radius 2 is 2.29 bits per heavy atom. The maximum Gasteiger partial charge on any atom is 0.105 e. The number of imidazole rings is 1. The number of hydrogen-bond donors (Lipinski definition) is 1. The van der Waals surface area contributed by atoms with E-state index in [-0.39, 0.29) is 0 Å². The van der Waals surface area contributed by atoms with Crippen LogP contribution in [0.25, 0.3) is 0 Å². The fourth-order valence-electron chi connectivity index (χ4n) is 1.58. The maximum atomic E-state index is 5.94. The van der Waals surface area contributed by atoms with E-state index in [1.165, 1.54) is 0 Å². The van der Waals surface area contributed by atoms with Crippen LogP contribution in [0.3, 0.4) is 0 Å². The average Bonchev–Trinajstić information content (AvgIpc) is 2.70. The van der Waals surface area contributed by atoms with E-state index in [0.717, 1.165) is 34.1 Å². The molecule has 0 aliphatic carbocycles. The van der Waals surface area contributed by atoms with E-state index in [9.17, 15) is 0 Å². The molecule has 5 heteroatoms. The Hall–Kier alpha value is -1.000. The van der Waals surface area contributed by atoms with Crippen LogP contribution in [0.15, 0.2) is 35.1 Å². The van der Waals surface area contributed by atoms with Crippen molar-refractivity contribution in [2.45, 2.75) is 13.5 Å². The normalized spacial score (nSPS) is 10.5. The number of hydrogen-bond acceptors (Lipinski definition) is 2. The zero-order valence-electron chi connectivity index (χ0n) is 9.45. The number of nitrogens with zero attached hydrogens (tertiary/aromatic N) is 2. The highest BCUT2D eigenvalue weighted by Crippen LogP contribution is 2.25. The molecule has 0 amide bonds. The molecule has 3 nitrogen and oxygen atoms in total. The largest absolute Gasteiger partial charge is 0.382 e. The van der Waals surface area contributed by atoms with Gasteiger partial charge in [0.05, 0.1) is 0 Å². The minimum absolute atomic E-state index is 0.731. The molecule has 0 unspecified atom stereocenters. The second kappa shape index (κ2) is 5.56. The third-order valence-corrected chi connectivity index (χ3v) is 3.45. The van der Waals surface area contributed by atoms with Crippen LogP contribution in [-0.2, 0) is 6.54 Å². The van der Waals surface area contributed by atoms with Gasteiger partial charge < -0.3 is 9.88 Å². The van der Waals surface area contributed by atoms with Crippen LogP contribution in [0, 0.1) is 6.92 Å². The van der Waals surface area contributed by atoms with Gasteiger partial charge in [0.25, 0.3) is 0 Å². The summed E-state index contributed by atoms with van der Waals surface area (Å²) in [5, 5.41) is 4.07. The lowest BCUT2D eigenvalue weighted by Crippen LogP contribution is -2.11. The van der Waals surface area contributed by atoms with Crippen molar-refractivity contribution < 1.29 is 0 Å². The lowest BCUT2D eigenvalue weighted by Gasteiger charge is -2.10. The monoisotopic (exact) mass is 313 g/mol. The Kier molecular flexibility index (Phi) is 4.07. The van der Waals surface area contributed by atoms with Crippen LogP contribution in [0.2, 0.25) is 5.02 Å². The molecule has 1 heterocycles. The summed E-state index contributed by atoms with van der Waals surface area (Å²) < 4.78 is 3.12. The molecule has 2 aromatic rings. The van der Waals surface area contributed by atoms with Gasteiger partial charge in [-0.05, 0) is 41.1 Å². The van der Waals surface area contributed by atoms with Crippen molar-refractivity contribution in [3.05, 3.63) is 45.9 Å². The molecular formula is C12H13BrClN3. The Morgan fingerprint density at radius 3 is 3.00 bits per heavy atom. The van der Waals surface area contributed by atoms with Crippen LogP contribution in [0.1, 0.15) is 5.82 Å². The number of rotatable bonds is 4. The average molecular weight is 315 g/mol. The standard InChI is InChI=1S/C12H13BrClN3/c1-9-15-4-6-17(9)7-5-16-12-8-10(14)2-3-11(12)13/h2-4,6,8,16H,5,7H2,1H3. The Bertz CT molecular complexity index is 510. The first kappa shape index (κ1) is 12.5. The van der Waals surface area contributed by atoms with Gasteiger partial charge in [-0.25, -0.2) is 4.98 Å². The number of halogens is 2. The molecule has 1 aromatic heterocycles. The molecule has 0 aliphatic rings. The van der Waals surface area contributed by atoms with Gasteiger partial charge in [0.15, 0.2) is 0 Å². The highest BCUT2D eigenvalue weighted by atomic mass is 79.9. The molecule has 17 heavy (non-hydrogen) atoms. The first-order valence-corrected chi connectivity index (χ1v) is 6.50. The van der Waals surface area contributed by atoms with Crippen LogP contribution in [0.5, 0.6) is 0 Å². The van der Waals surface area contributed by atoms with Crippen molar-refractivity contribution >= 4 is 33.2 Å². The molecule has 0 saturated heterocycles. The molecule has 90 valence electrons. The summed E-state index contributed by atoms with van der Waals surface area (Å²) in [6.45, 7) is 3.70. The number of benzene rings is 1. The van der Waals surface area contributed by atoms with E-state index in [2.05, 4.69) is 30.8 Å². The summed E-state index contributed by atoms with van der Waals surface area (Å²) in [4.78, 5) is 4.18. The summed E-state index contributed by atoms with van der Waals surface area (Å²) in [6, 6.07) is 5.70. The summed E-state index contributed by atoms with van der Waals surface area (Å²) in [7, 11) is 0. The smallest absolute Gasteiger partial charge is 0.105 e. The van der Waals surface area contributed by atoms with Crippen molar-refractivity contribution in [1.82, 2.24) is 9.55 Å². The summed E-state index contributed by atoms with van der Waals surface area (Å²) in [5.74, 6) is 1.02. The zero-order chi connectivity index (χ0) is 12.3. The second-order valence-corrected chi connectivity index (χ2v) is 5.01. The summed E-state index contributed by atoms with van der Waals surface area (Å²) in [6.07, 6.45) is 3.79. The Morgan fingerprint density at radius 1 is 1.47 bits per heavy atom. The van der Waals surface area contributed by atoms with Crippen LogP contribution < -0.4 is 5.32 Å². The molecule has 1 aromatic carbocycles. The minimum atomic E-state index is 0.731. The van der Waals surface area contributed by atoms with Crippen molar-refractivity contribution in [2.24, 2.45) is 0 Å². The van der Waals surface area contributed by atoms with E-state index in [0.29, 0.717) is 0 Å². The molecule has 0 aliphatic heterocycles. The lowest BCUT2D eigenvalue weighted by atomic mass is 10.3. The summed E-state index contributed by atoms with van der Waals surface area (Å²) >= 11 is 9.43. The molecule has 0 atom stereocenters. The lowest BCUT2D eigenvalue weighted by molar-refractivity contribution is 0.701. The van der Waals surface area contributed by atoms with Crippen LogP contribution >= 0.6 is 27.5 Å². The molecule has 2 rings (SSSR count). The molecular weight excluding hydrogens is 302 g/mol. The Balaban J connectivity index is 1.94. The number of nitrogens with one attached hydrogen (secondary N) is 1. The van der Waals surface area contributed by atoms with Gasteiger partial charge in [0.2, 0.25) is 0 Å². The molecule has 0 radical (unpaired) electrons. The molecule has 0 fully saturated rings.